The Hall–Kier alpha value is -2.16. The molecule has 0 bridgehead atoms. The molecule has 6 nitrogen and oxygen atoms in total. The fraction of sp³-hybridized carbons (Fsp3) is 0.176. The van der Waals surface area contributed by atoms with Crippen LogP contribution >= 0.6 is 22.9 Å². The molecule has 0 saturated heterocycles. The van der Waals surface area contributed by atoms with Crippen molar-refractivity contribution in [3.63, 3.8) is 0 Å². The van der Waals surface area contributed by atoms with Gasteiger partial charge in [0.25, 0.3) is 10.0 Å². The fourth-order valence-corrected chi connectivity index (χ4v) is 4.43. The molecule has 2 aromatic carbocycles. The number of rotatable bonds is 3. The lowest BCUT2D eigenvalue weighted by molar-refractivity contribution is 0.585. The molecular formula is C17H15ClN2O4S2. The van der Waals surface area contributed by atoms with Gasteiger partial charge in [-0.05, 0) is 62.2 Å². The number of anilines is 1. The predicted octanol–water partition coefficient (Wildman–Crippen LogP) is 4.34. The van der Waals surface area contributed by atoms with Crippen LogP contribution in [0.1, 0.15) is 18.1 Å². The van der Waals surface area contributed by atoms with Gasteiger partial charge in [-0.3, -0.25) is 0 Å². The van der Waals surface area contributed by atoms with Gasteiger partial charge in [-0.1, -0.05) is 22.9 Å². The summed E-state index contributed by atoms with van der Waals surface area (Å²) in [6, 6.07) is 7.54. The molecule has 0 amide bonds. The van der Waals surface area contributed by atoms with E-state index in [1.165, 1.54) is 24.3 Å². The van der Waals surface area contributed by atoms with E-state index in [0.717, 1.165) is 27.2 Å². The predicted molar refractivity (Wildman–Crippen MR) is 105 cm³/mol. The van der Waals surface area contributed by atoms with Crippen LogP contribution in [0.5, 0.6) is 0 Å². The molecule has 1 heterocycles. The molecule has 1 aromatic heterocycles. The molecule has 26 heavy (non-hydrogen) atoms. The Morgan fingerprint density at radius 1 is 1.23 bits per heavy atom. The van der Waals surface area contributed by atoms with E-state index < -0.39 is 10.0 Å². The minimum absolute atomic E-state index is 0.0556. The topological polar surface area (TPSA) is 88.7 Å². The zero-order valence-electron chi connectivity index (χ0n) is 14.2. The van der Waals surface area contributed by atoms with E-state index in [4.69, 9.17) is 16.0 Å². The molecule has 3 aromatic rings. The Morgan fingerprint density at radius 2 is 1.88 bits per heavy atom. The number of sulfonamides is 1. The van der Waals surface area contributed by atoms with Gasteiger partial charge in [-0.25, -0.2) is 4.79 Å². The molecular weight excluding hydrogens is 396 g/mol. The summed E-state index contributed by atoms with van der Waals surface area (Å²) >= 11 is 6.79. The first-order chi connectivity index (χ1) is 12.2. The number of fused-ring (bicyclic) bond motifs is 1. The summed E-state index contributed by atoms with van der Waals surface area (Å²) in [4.78, 5) is 11.1. The van der Waals surface area contributed by atoms with Gasteiger partial charge in [0.1, 0.15) is 11.4 Å². The van der Waals surface area contributed by atoms with Crippen molar-refractivity contribution < 1.29 is 12.8 Å². The SMILES string of the molecule is CC(=NS(=O)(=O)c1ccc(Cl)cc1)Nc1c(C)cc2oc(=O)sc2c1C. The zero-order chi connectivity index (χ0) is 19.1. The third kappa shape index (κ3) is 3.67. The molecule has 136 valence electrons. The quantitative estimate of drug-likeness (QED) is 0.512. The van der Waals surface area contributed by atoms with Gasteiger partial charge in [-0.2, -0.15) is 8.42 Å². The summed E-state index contributed by atoms with van der Waals surface area (Å²) in [6.07, 6.45) is 0. The average Bonchev–Trinajstić information content (AvgIpc) is 2.92. The van der Waals surface area contributed by atoms with Crippen LogP contribution in [0.3, 0.4) is 0 Å². The molecule has 0 fully saturated rings. The molecule has 9 heteroatoms. The van der Waals surface area contributed by atoms with Crippen molar-refractivity contribution >= 4 is 54.8 Å². The molecule has 0 aliphatic rings. The van der Waals surface area contributed by atoms with Crippen molar-refractivity contribution in [1.29, 1.82) is 0 Å². The summed E-state index contributed by atoms with van der Waals surface area (Å²) in [5, 5.41) is 3.47. The largest absolute Gasteiger partial charge is 0.414 e. The lowest BCUT2D eigenvalue weighted by atomic mass is 10.1. The van der Waals surface area contributed by atoms with Crippen LogP contribution in [0.2, 0.25) is 5.02 Å². The Bertz CT molecular complexity index is 1180. The van der Waals surface area contributed by atoms with E-state index in [0.29, 0.717) is 16.3 Å². The van der Waals surface area contributed by atoms with Crippen molar-refractivity contribution in [1.82, 2.24) is 0 Å². The molecule has 0 spiro atoms. The summed E-state index contributed by atoms with van der Waals surface area (Å²) in [6.45, 7) is 5.24. The maximum atomic E-state index is 12.4. The zero-order valence-corrected chi connectivity index (χ0v) is 16.6. The number of aryl methyl sites for hydroxylation is 2. The third-order valence-corrected chi connectivity index (χ3v) is 6.33. The molecule has 0 aliphatic carbocycles. The highest BCUT2D eigenvalue weighted by Gasteiger charge is 2.16. The fourth-order valence-electron chi connectivity index (χ4n) is 2.56. The first kappa shape index (κ1) is 18.6. The lowest BCUT2D eigenvalue weighted by Gasteiger charge is -2.12. The number of nitrogens with zero attached hydrogens (tertiary/aromatic N) is 1. The van der Waals surface area contributed by atoms with Gasteiger partial charge in [0, 0.05) is 10.7 Å². The number of nitrogens with one attached hydrogen (secondary N) is 1. The summed E-state index contributed by atoms with van der Waals surface area (Å²) < 4.78 is 34.5. The molecule has 0 saturated carbocycles. The van der Waals surface area contributed by atoms with Gasteiger partial charge >= 0.3 is 4.94 Å². The van der Waals surface area contributed by atoms with Crippen LogP contribution in [-0.2, 0) is 10.0 Å². The Balaban J connectivity index is 1.98. The molecule has 0 radical (unpaired) electrons. The van der Waals surface area contributed by atoms with Crippen LogP contribution < -0.4 is 10.3 Å². The summed E-state index contributed by atoms with van der Waals surface area (Å²) in [5.41, 5.74) is 2.83. The minimum Gasteiger partial charge on any atom is -0.414 e. The lowest BCUT2D eigenvalue weighted by Crippen LogP contribution is -2.12. The maximum absolute atomic E-state index is 12.4. The second-order valence-electron chi connectivity index (χ2n) is 5.71. The maximum Gasteiger partial charge on any atom is 0.396 e. The van der Waals surface area contributed by atoms with Crippen LogP contribution in [0.4, 0.5) is 5.69 Å². The molecule has 0 aliphatic heterocycles. The summed E-state index contributed by atoms with van der Waals surface area (Å²) in [7, 11) is -3.86. The van der Waals surface area contributed by atoms with Crippen molar-refractivity contribution in [3.05, 3.63) is 56.2 Å². The van der Waals surface area contributed by atoms with E-state index in [1.54, 1.807) is 13.0 Å². The number of amidine groups is 1. The molecule has 0 atom stereocenters. The van der Waals surface area contributed by atoms with Crippen LogP contribution in [0.25, 0.3) is 10.3 Å². The standard InChI is InChI=1S/C17H15ClN2O4S2/c1-9-8-14-16(25-17(21)24-14)10(2)15(9)19-11(3)20-26(22,23)13-6-4-12(18)5-7-13/h4-8H,1-3H3,(H,19,20). The third-order valence-electron chi connectivity index (χ3n) is 3.73. The van der Waals surface area contributed by atoms with Gasteiger partial charge in [0.15, 0.2) is 0 Å². The summed E-state index contributed by atoms with van der Waals surface area (Å²) in [5.74, 6) is 0.210. The van der Waals surface area contributed by atoms with E-state index in [9.17, 15) is 13.2 Å². The highest BCUT2D eigenvalue weighted by Crippen LogP contribution is 2.31. The van der Waals surface area contributed by atoms with Crippen molar-refractivity contribution in [3.8, 4) is 0 Å². The van der Waals surface area contributed by atoms with E-state index in [-0.39, 0.29) is 15.7 Å². The normalized spacial score (nSPS) is 12.5. The molecule has 3 rings (SSSR count). The minimum atomic E-state index is -3.86. The average molecular weight is 411 g/mol. The highest BCUT2D eigenvalue weighted by atomic mass is 35.5. The number of hydrogen-bond acceptors (Lipinski definition) is 5. The van der Waals surface area contributed by atoms with Gasteiger partial charge < -0.3 is 9.73 Å². The highest BCUT2D eigenvalue weighted by molar-refractivity contribution is 7.90. The van der Waals surface area contributed by atoms with Crippen molar-refractivity contribution in [2.75, 3.05) is 5.32 Å². The first-order valence-electron chi connectivity index (χ1n) is 7.55. The van der Waals surface area contributed by atoms with Gasteiger partial charge in [0.2, 0.25) is 0 Å². The van der Waals surface area contributed by atoms with Crippen molar-refractivity contribution in [2.24, 2.45) is 4.40 Å². The monoisotopic (exact) mass is 410 g/mol. The van der Waals surface area contributed by atoms with Crippen LogP contribution in [0, 0.1) is 13.8 Å². The number of hydrogen-bond donors (Lipinski definition) is 1. The van der Waals surface area contributed by atoms with E-state index in [1.807, 2.05) is 13.8 Å². The molecule has 0 unspecified atom stereocenters. The van der Waals surface area contributed by atoms with Gasteiger partial charge in [0.05, 0.1) is 9.60 Å². The Kier molecular flexibility index (Phi) is 4.92. The second-order valence-corrected chi connectivity index (χ2v) is 8.69. The second kappa shape index (κ2) is 6.86. The van der Waals surface area contributed by atoms with Gasteiger partial charge in [-0.15, -0.1) is 4.40 Å². The number of halogens is 1. The smallest absolute Gasteiger partial charge is 0.396 e. The number of benzene rings is 2. The van der Waals surface area contributed by atoms with Crippen LogP contribution in [0.15, 0.2) is 48.8 Å². The van der Waals surface area contributed by atoms with Crippen molar-refractivity contribution in [2.45, 2.75) is 25.7 Å². The van der Waals surface area contributed by atoms with E-state index >= 15 is 0 Å². The van der Waals surface area contributed by atoms with Crippen LogP contribution in [-0.4, -0.2) is 14.3 Å². The Morgan fingerprint density at radius 3 is 2.54 bits per heavy atom. The molecule has 1 N–H and O–H groups in total. The van der Waals surface area contributed by atoms with E-state index in [2.05, 4.69) is 9.71 Å². The Labute approximate surface area is 159 Å². The first-order valence-corrected chi connectivity index (χ1v) is 10.2.